The van der Waals surface area contributed by atoms with Gasteiger partial charge in [-0.05, 0) is 36.0 Å². The maximum Gasteiger partial charge on any atom is -0.0207 e. The van der Waals surface area contributed by atoms with E-state index in [4.69, 9.17) is 0 Å². The Kier molecular flexibility index (Phi) is 1.97. The van der Waals surface area contributed by atoms with Crippen molar-refractivity contribution in [2.75, 3.05) is 0 Å². The number of rotatable bonds is 4. The largest absolute Gasteiger partial charge is 0.0654 e. The summed E-state index contributed by atoms with van der Waals surface area (Å²) in [4.78, 5) is 0. The molecule has 0 aromatic carbocycles. The minimum Gasteiger partial charge on any atom is -0.0654 e. The molecule has 2 aliphatic carbocycles. The van der Waals surface area contributed by atoms with E-state index in [0.717, 1.165) is 23.2 Å². The highest BCUT2D eigenvalue weighted by atomic mass is 14.8. The number of hydrogen-bond donors (Lipinski definition) is 0. The van der Waals surface area contributed by atoms with Gasteiger partial charge in [-0.25, -0.2) is 0 Å². The highest BCUT2D eigenvalue weighted by Crippen LogP contribution is 2.80. The molecule has 2 fully saturated rings. The maximum absolute atomic E-state index is 2.45. The van der Waals surface area contributed by atoms with Crippen molar-refractivity contribution in [2.45, 2.75) is 52.9 Å². The van der Waals surface area contributed by atoms with Crippen LogP contribution in [0, 0.1) is 23.2 Å². The van der Waals surface area contributed by atoms with Crippen LogP contribution in [0.1, 0.15) is 52.9 Å². The molecule has 0 aromatic rings. The molecule has 0 bridgehead atoms. The Bertz CT molecular complexity index is 173. The van der Waals surface area contributed by atoms with E-state index in [1.807, 2.05) is 0 Å². The fourth-order valence-electron chi connectivity index (χ4n) is 3.69. The smallest absolute Gasteiger partial charge is 0.0207 e. The summed E-state index contributed by atoms with van der Waals surface area (Å²) in [6.45, 7) is 7.14. The standard InChI is InChI=1S/C12H22/c1-4-6-7-11-10(5-2)12(11)8-9(12)3/h9-11H,4-8H2,1-3H3. The van der Waals surface area contributed by atoms with Gasteiger partial charge in [0.05, 0.1) is 0 Å². The van der Waals surface area contributed by atoms with Crippen molar-refractivity contribution >= 4 is 0 Å². The van der Waals surface area contributed by atoms with Gasteiger partial charge in [0.25, 0.3) is 0 Å². The molecule has 12 heavy (non-hydrogen) atoms. The van der Waals surface area contributed by atoms with Crippen LogP contribution in [0.3, 0.4) is 0 Å². The zero-order valence-electron chi connectivity index (χ0n) is 8.77. The maximum atomic E-state index is 2.45. The van der Waals surface area contributed by atoms with Crippen LogP contribution in [-0.2, 0) is 0 Å². The molecule has 0 saturated heterocycles. The van der Waals surface area contributed by atoms with Gasteiger partial charge < -0.3 is 0 Å². The molecule has 0 nitrogen and oxygen atoms in total. The second-order valence-electron chi connectivity index (χ2n) is 4.98. The molecule has 2 rings (SSSR count). The molecule has 4 atom stereocenters. The average Bonchev–Trinajstić information content (AvgIpc) is 2.89. The summed E-state index contributed by atoms with van der Waals surface area (Å²) in [6.07, 6.45) is 7.38. The topological polar surface area (TPSA) is 0 Å². The minimum absolute atomic E-state index is 0.893. The molecule has 0 heteroatoms. The number of unbranched alkanes of at least 4 members (excludes halogenated alkanes) is 1. The van der Waals surface area contributed by atoms with Crippen LogP contribution in [0.15, 0.2) is 0 Å². The second kappa shape index (κ2) is 2.75. The van der Waals surface area contributed by atoms with Crippen LogP contribution in [0.5, 0.6) is 0 Å². The first-order valence-electron chi connectivity index (χ1n) is 5.77. The van der Waals surface area contributed by atoms with Crippen molar-refractivity contribution in [3.05, 3.63) is 0 Å². The van der Waals surface area contributed by atoms with Gasteiger partial charge in [-0.1, -0.05) is 40.0 Å². The van der Waals surface area contributed by atoms with E-state index in [1.165, 1.54) is 25.7 Å². The molecule has 1 spiro atoms. The lowest BCUT2D eigenvalue weighted by Crippen LogP contribution is -1.82. The summed E-state index contributed by atoms with van der Waals surface area (Å²) < 4.78 is 0. The number of hydrogen-bond acceptors (Lipinski definition) is 0. The van der Waals surface area contributed by atoms with Crippen LogP contribution in [0.25, 0.3) is 0 Å². The Hall–Kier alpha value is 0. The molecule has 4 unspecified atom stereocenters. The van der Waals surface area contributed by atoms with E-state index in [-0.39, 0.29) is 0 Å². The third-order valence-corrected chi connectivity index (χ3v) is 4.48. The second-order valence-corrected chi connectivity index (χ2v) is 4.98. The van der Waals surface area contributed by atoms with Crippen LogP contribution >= 0.6 is 0 Å². The van der Waals surface area contributed by atoms with Crippen LogP contribution < -0.4 is 0 Å². The van der Waals surface area contributed by atoms with Crippen molar-refractivity contribution in [3.63, 3.8) is 0 Å². The molecule has 2 aliphatic rings. The molecule has 0 aromatic heterocycles. The monoisotopic (exact) mass is 166 g/mol. The Morgan fingerprint density at radius 1 is 1.25 bits per heavy atom. The predicted molar refractivity (Wildman–Crippen MR) is 53.0 cm³/mol. The van der Waals surface area contributed by atoms with Gasteiger partial charge in [-0.2, -0.15) is 0 Å². The Labute approximate surface area is 76.7 Å². The van der Waals surface area contributed by atoms with E-state index in [9.17, 15) is 0 Å². The molecular formula is C12H22. The zero-order valence-corrected chi connectivity index (χ0v) is 8.77. The van der Waals surface area contributed by atoms with Gasteiger partial charge in [0.2, 0.25) is 0 Å². The first-order valence-corrected chi connectivity index (χ1v) is 5.77. The van der Waals surface area contributed by atoms with Gasteiger partial charge >= 0.3 is 0 Å². The Morgan fingerprint density at radius 2 is 1.92 bits per heavy atom. The Balaban J connectivity index is 1.85. The summed E-state index contributed by atoms with van der Waals surface area (Å²) in [5.74, 6) is 3.33. The summed E-state index contributed by atoms with van der Waals surface area (Å²) >= 11 is 0. The summed E-state index contributed by atoms with van der Waals surface area (Å²) in [5.41, 5.74) is 0.893. The van der Waals surface area contributed by atoms with E-state index in [1.54, 1.807) is 6.42 Å². The Morgan fingerprint density at radius 3 is 2.25 bits per heavy atom. The first-order chi connectivity index (χ1) is 5.77. The van der Waals surface area contributed by atoms with Crippen molar-refractivity contribution in [2.24, 2.45) is 23.2 Å². The van der Waals surface area contributed by atoms with E-state index < -0.39 is 0 Å². The SMILES string of the molecule is CCCCC1C(CC)C12CC2C. The van der Waals surface area contributed by atoms with Crippen LogP contribution in [-0.4, -0.2) is 0 Å². The van der Waals surface area contributed by atoms with Gasteiger partial charge in [0.1, 0.15) is 0 Å². The third kappa shape index (κ3) is 0.963. The summed E-state index contributed by atoms with van der Waals surface area (Å²) in [6, 6.07) is 0. The first kappa shape index (κ1) is 8.59. The van der Waals surface area contributed by atoms with Crippen molar-refractivity contribution < 1.29 is 0 Å². The highest BCUT2D eigenvalue weighted by molar-refractivity contribution is 5.21. The predicted octanol–water partition coefficient (Wildman–Crippen LogP) is 3.86. The van der Waals surface area contributed by atoms with Crippen LogP contribution in [0.4, 0.5) is 0 Å². The van der Waals surface area contributed by atoms with E-state index in [2.05, 4.69) is 20.8 Å². The molecule has 70 valence electrons. The molecular weight excluding hydrogens is 144 g/mol. The molecule has 2 saturated carbocycles. The van der Waals surface area contributed by atoms with Crippen molar-refractivity contribution in [1.29, 1.82) is 0 Å². The quantitative estimate of drug-likeness (QED) is 0.595. The molecule has 0 radical (unpaired) electrons. The summed E-state index contributed by atoms with van der Waals surface area (Å²) in [5, 5.41) is 0. The zero-order chi connectivity index (χ0) is 8.77. The van der Waals surface area contributed by atoms with Crippen molar-refractivity contribution in [3.8, 4) is 0 Å². The van der Waals surface area contributed by atoms with Crippen molar-refractivity contribution in [1.82, 2.24) is 0 Å². The van der Waals surface area contributed by atoms with E-state index in [0.29, 0.717) is 0 Å². The minimum atomic E-state index is 0.893. The highest BCUT2D eigenvalue weighted by Gasteiger charge is 2.73. The van der Waals surface area contributed by atoms with Gasteiger partial charge in [0, 0.05) is 0 Å². The summed E-state index contributed by atoms with van der Waals surface area (Å²) in [7, 11) is 0. The lowest BCUT2D eigenvalue weighted by atomic mass is 10.1. The fraction of sp³-hybridized carbons (Fsp3) is 1.00. The lowest BCUT2D eigenvalue weighted by molar-refractivity contribution is 0.574. The van der Waals surface area contributed by atoms with Crippen LogP contribution in [0.2, 0.25) is 0 Å². The van der Waals surface area contributed by atoms with Gasteiger partial charge in [0.15, 0.2) is 0 Å². The average molecular weight is 166 g/mol. The van der Waals surface area contributed by atoms with Gasteiger partial charge in [-0.15, -0.1) is 0 Å². The van der Waals surface area contributed by atoms with Gasteiger partial charge in [-0.3, -0.25) is 0 Å². The molecule has 0 N–H and O–H groups in total. The molecule has 0 heterocycles. The fourth-order valence-corrected chi connectivity index (χ4v) is 3.69. The molecule has 0 amide bonds. The molecule has 0 aliphatic heterocycles. The normalized spacial score (nSPS) is 49.8. The third-order valence-electron chi connectivity index (χ3n) is 4.48. The van der Waals surface area contributed by atoms with E-state index >= 15 is 0 Å². The lowest BCUT2D eigenvalue weighted by Gasteiger charge is -1.94.